The fraction of sp³-hybridized carbons (Fsp3) is 0.529. The van der Waals surface area contributed by atoms with E-state index in [0.717, 1.165) is 18.6 Å². The zero-order valence-corrected chi connectivity index (χ0v) is 13.5. The van der Waals surface area contributed by atoms with Gasteiger partial charge >= 0.3 is 12.0 Å². The second kappa shape index (κ2) is 8.41. The maximum atomic E-state index is 12.0. The smallest absolute Gasteiger partial charge is 0.317 e. The van der Waals surface area contributed by atoms with E-state index in [1.807, 2.05) is 31.2 Å². The predicted octanol–water partition coefficient (Wildman–Crippen LogP) is 2.41. The third-order valence-electron chi connectivity index (χ3n) is 3.90. The van der Waals surface area contributed by atoms with Gasteiger partial charge in [0.15, 0.2) is 0 Å². The Hall–Kier alpha value is -2.24. The van der Waals surface area contributed by atoms with Crippen LogP contribution in [0.2, 0.25) is 0 Å². The van der Waals surface area contributed by atoms with Crippen molar-refractivity contribution in [3.63, 3.8) is 0 Å². The van der Waals surface area contributed by atoms with Gasteiger partial charge in [-0.2, -0.15) is 0 Å². The molecule has 0 saturated carbocycles. The van der Waals surface area contributed by atoms with Crippen LogP contribution < -0.4 is 10.1 Å². The topological polar surface area (TPSA) is 78.9 Å². The first-order valence-corrected chi connectivity index (χ1v) is 8.02. The summed E-state index contributed by atoms with van der Waals surface area (Å²) >= 11 is 0. The minimum absolute atomic E-state index is 0.0761. The number of piperidine rings is 1. The van der Waals surface area contributed by atoms with Crippen molar-refractivity contribution in [3.05, 3.63) is 29.8 Å². The first-order valence-electron chi connectivity index (χ1n) is 8.02. The van der Waals surface area contributed by atoms with E-state index in [0.29, 0.717) is 26.1 Å². The molecule has 126 valence electrons. The van der Waals surface area contributed by atoms with Crippen LogP contribution >= 0.6 is 0 Å². The van der Waals surface area contributed by atoms with Gasteiger partial charge < -0.3 is 20.1 Å². The fourth-order valence-corrected chi connectivity index (χ4v) is 2.53. The van der Waals surface area contributed by atoms with Crippen molar-refractivity contribution >= 4 is 12.0 Å². The van der Waals surface area contributed by atoms with Crippen LogP contribution in [0, 0.1) is 6.92 Å². The number of benzene rings is 1. The fourth-order valence-electron chi connectivity index (χ4n) is 2.53. The minimum atomic E-state index is -0.840. The molecule has 1 heterocycles. The van der Waals surface area contributed by atoms with Gasteiger partial charge in [-0.25, -0.2) is 4.79 Å². The molecule has 23 heavy (non-hydrogen) atoms. The predicted molar refractivity (Wildman–Crippen MR) is 86.7 cm³/mol. The van der Waals surface area contributed by atoms with Crippen LogP contribution in [0.15, 0.2) is 24.3 Å². The summed E-state index contributed by atoms with van der Waals surface area (Å²) in [6.45, 7) is 3.74. The second-order valence-corrected chi connectivity index (χ2v) is 5.85. The van der Waals surface area contributed by atoms with Crippen molar-refractivity contribution in [3.8, 4) is 5.75 Å². The normalized spacial score (nSPS) is 15.3. The van der Waals surface area contributed by atoms with Gasteiger partial charge in [-0.3, -0.25) is 4.79 Å². The number of carbonyl (C=O) groups is 2. The van der Waals surface area contributed by atoms with E-state index in [4.69, 9.17) is 9.84 Å². The van der Waals surface area contributed by atoms with Gasteiger partial charge in [-0.15, -0.1) is 0 Å². The summed E-state index contributed by atoms with van der Waals surface area (Å²) in [5.74, 6) is 0.0282. The van der Waals surface area contributed by atoms with E-state index in [2.05, 4.69) is 5.32 Å². The van der Waals surface area contributed by atoms with E-state index >= 15 is 0 Å². The molecular weight excluding hydrogens is 296 g/mol. The Morgan fingerprint density at radius 2 is 1.91 bits per heavy atom. The molecule has 1 aromatic rings. The Balaban J connectivity index is 1.67. The number of carboxylic acids is 1. The molecule has 0 atom stereocenters. The Labute approximate surface area is 136 Å². The third kappa shape index (κ3) is 5.81. The van der Waals surface area contributed by atoms with Crippen molar-refractivity contribution in [2.24, 2.45) is 0 Å². The van der Waals surface area contributed by atoms with Crippen LogP contribution in [-0.4, -0.2) is 47.7 Å². The molecule has 1 aromatic carbocycles. The first-order chi connectivity index (χ1) is 11.0. The van der Waals surface area contributed by atoms with E-state index in [1.165, 1.54) is 5.56 Å². The number of hydrogen-bond acceptors (Lipinski definition) is 3. The van der Waals surface area contributed by atoms with E-state index in [9.17, 15) is 9.59 Å². The highest BCUT2D eigenvalue weighted by Crippen LogP contribution is 2.19. The maximum absolute atomic E-state index is 12.0. The number of carboxylic acid groups (broad SMARTS) is 1. The summed E-state index contributed by atoms with van der Waals surface area (Å²) in [7, 11) is 0. The summed E-state index contributed by atoms with van der Waals surface area (Å²) in [5, 5.41) is 11.3. The van der Waals surface area contributed by atoms with Crippen LogP contribution in [0.1, 0.15) is 31.2 Å². The van der Waals surface area contributed by atoms with Gasteiger partial charge in [0.2, 0.25) is 0 Å². The van der Waals surface area contributed by atoms with E-state index < -0.39 is 5.97 Å². The lowest BCUT2D eigenvalue weighted by molar-refractivity contribution is -0.137. The number of rotatable bonds is 6. The number of aliphatic carboxylic acids is 1. The number of carbonyl (C=O) groups excluding carboxylic acids is 1. The molecule has 2 amide bonds. The van der Waals surface area contributed by atoms with Gasteiger partial charge in [0.05, 0.1) is 0 Å². The molecule has 0 radical (unpaired) electrons. The highest BCUT2D eigenvalue weighted by Gasteiger charge is 2.23. The van der Waals surface area contributed by atoms with E-state index in [-0.39, 0.29) is 18.6 Å². The highest BCUT2D eigenvalue weighted by molar-refractivity contribution is 5.74. The molecule has 1 aliphatic rings. The van der Waals surface area contributed by atoms with Crippen molar-refractivity contribution in [1.29, 1.82) is 0 Å². The Morgan fingerprint density at radius 1 is 1.26 bits per heavy atom. The van der Waals surface area contributed by atoms with Crippen LogP contribution in [0.4, 0.5) is 4.79 Å². The van der Waals surface area contributed by atoms with Crippen LogP contribution in [0.5, 0.6) is 5.75 Å². The average Bonchev–Trinajstić information content (AvgIpc) is 2.54. The number of nitrogens with zero attached hydrogens (tertiary/aromatic N) is 1. The van der Waals surface area contributed by atoms with Gasteiger partial charge in [0.25, 0.3) is 0 Å². The van der Waals surface area contributed by atoms with Crippen LogP contribution in [0.25, 0.3) is 0 Å². The summed E-state index contributed by atoms with van der Waals surface area (Å²) in [4.78, 5) is 24.1. The molecule has 0 aliphatic carbocycles. The van der Waals surface area contributed by atoms with Crippen LogP contribution in [0.3, 0.4) is 0 Å². The molecule has 1 fully saturated rings. The van der Waals surface area contributed by atoms with Crippen molar-refractivity contribution in [2.45, 2.75) is 38.7 Å². The highest BCUT2D eigenvalue weighted by atomic mass is 16.5. The lowest BCUT2D eigenvalue weighted by atomic mass is 10.1. The molecule has 0 unspecified atom stereocenters. The number of aryl methyl sites for hydroxylation is 1. The van der Waals surface area contributed by atoms with Gasteiger partial charge in [0.1, 0.15) is 11.9 Å². The molecule has 2 rings (SSSR count). The lowest BCUT2D eigenvalue weighted by Crippen LogP contribution is -2.46. The molecule has 1 aliphatic heterocycles. The summed E-state index contributed by atoms with van der Waals surface area (Å²) in [5.41, 5.74) is 1.20. The monoisotopic (exact) mass is 320 g/mol. The van der Waals surface area contributed by atoms with Gasteiger partial charge in [-0.05, 0) is 25.5 Å². The average molecular weight is 320 g/mol. The quantitative estimate of drug-likeness (QED) is 0.789. The summed E-state index contributed by atoms with van der Waals surface area (Å²) in [6, 6.07) is 7.86. The largest absolute Gasteiger partial charge is 0.490 e. The standard InChI is InChI=1S/C17H24N2O4/c1-13-4-6-14(7-5-13)23-15-8-11-19(12-9-15)17(22)18-10-2-3-16(20)21/h4-7,15H,2-3,8-12H2,1H3,(H,18,22)(H,20,21). The Morgan fingerprint density at radius 3 is 2.52 bits per heavy atom. The number of nitrogens with one attached hydrogen (secondary N) is 1. The molecule has 0 bridgehead atoms. The van der Waals surface area contributed by atoms with Crippen molar-refractivity contribution in [1.82, 2.24) is 10.2 Å². The molecule has 1 saturated heterocycles. The SMILES string of the molecule is Cc1ccc(OC2CCN(C(=O)NCCCC(=O)O)CC2)cc1. The minimum Gasteiger partial charge on any atom is -0.490 e. The van der Waals surface area contributed by atoms with Gasteiger partial charge in [-0.1, -0.05) is 17.7 Å². The van der Waals surface area contributed by atoms with Crippen molar-refractivity contribution in [2.75, 3.05) is 19.6 Å². The number of hydrogen-bond donors (Lipinski definition) is 2. The molecule has 6 nitrogen and oxygen atoms in total. The Kier molecular flexibility index (Phi) is 6.26. The third-order valence-corrected chi connectivity index (χ3v) is 3.90. The maximum Gasteiger partial charge on any atom is 0.317 e. The lowest BCUT2D eigenvalue weighted by Gasteiger charge is -2.32. The first kappa shape index (κ1) is 17.1. The molecule has 6 heteroatoms. The zero-order chi connectivity index (χ0) is 16.7. The second-order valence-electron chi connectivity index (χ2n) is 5.85. The zero-order valence-electron chi connectivity index (χ0n) is 13.5. The number of amides is 2. The summed E-state index contributed by atoms with van der Waals surface area (Å²) < 4.78 is 5.94. The molecular formula is C17H24N2O4. The van der Waals surface area contributed by atoms with Crippen LogP contribution in [-0.2, 0) is 4.79 Å². The summed E-state index contributed by atoms with van der Waals surface area (Å²) in [6.07, 6.45) is 2.27. The van der Waals surface area contributed by atoms with E-state index in [1.54, 1.807) is 4.90 Å². The number of likely N-dealkylation sites (tertiary alicyclic amines) is 1. The Bertz CT molecular complexity index is 522. The number of urea groups is 1. The van der Waals surface area contributed by atoms with Crippen molar-refractivity contribution < 1.29 is 19.4 Å². The molecule has 0 spiro atoms. The molecule has 2 N–H and O–H groups in total. The van der Waals surface area contributed by atoms with Gasteiger partial charge in [0, 0.05) is 38.9 Å². The molecule has 0 aromatic heterocycles. The number of ether oxygens (including phenoxy) is 1.